The van der Waals surface area contributed by atoms with Gasteiger partial charge in [0.1, 0.15) is 6.04 Å². The van der Waals surface area contributed by atoms with Gasteiger partial charge in [0, 0.05) is 6.54 Å². The SMILES string of the molecule is CCCNC(CCN(CCC)CCC)C(=O)O. The Kier molecular flexibility index (Phi) is 10.2. The van der Waals surface area contributed by atoms with Gasteiger partial charge < -0.3 is 15.3 Å². The van der Waals surface area contributed by atoms with E-state index in [-0.39, 0.29) is 0 Å². The van der Waals surface area contributed by atoms with Crippen LogP contribution in [-0.2, 0) is 4.79 Å². The number of carboxylic acid groups (broad SMARTS) is 1. The van der Waals surface area contributed by atoms with E-state index in [1.165, 1.54) is 0 Å². The summed E-state index contributed by atoms with van der Waals surface area (Å²) in [6.45, 7) is 10.1. The Morgan fingerprint density at radius 3 is 2.12 bits per heavy atom. The van der Waals surface area contributed by atoms with Crippen LogP contribution >= 0.6 is 0 Å². The molecule has 0 amide bonds. The van der Waals surface area contributed by atoms with Crippen LogP contribution in [0.3, 0.4) is 0 Å². The molecule has 0 aromatic carbocycles. The lowest BCUT2D eigenvalue weighted by Crippen LogP contribution is -2.40. The first kappa shape index (κ1) is 16.4. The number of aliphatic carboxylic acids is 1. The summed E-state index contributed by atoms with van der Waals surface area (Å²) in [6, 6.07) is -0.397. The van der Waals surface area contributed by atoms with E-state index in [4.69, 9.17) is 5.11 Å². The molecule has 2 N–H and O–H groups in total. The fourth-order valence-electron chi connectivity index (χ4n) is 1.91. The number of carbonyl (C=O) groups is 1. The molecule has 102 valence electrons. The molecular formula is C13H28N2O2. The lowest BCUT2D eigenvalue weighted by Gasteiger charge is -2.23. The monoisotopic (exact) mass is 244 g/mol. The third-order valence-corrected chi connectivity index (χ3v) is 2.75. The zero-order chi connectivity index (χ0) is 13.1. The summed E-state index contributed by atoms with van der Waals surface area (Å²) in [5, 5.41) is 12.2. The quantitative estimate of drug-likeness (QED) is 0.583. The van der Waals surface area contributed by atoms with Gasteiger partial charge in [0.2, 0.25) is 0 Å². The van der Waals surface area contributed by atoms with Crippen molar-refractivity contribution >= 4 is 5.97 Å². The summed E-state index contributed by atoms with van der Waals surface area (Å²) in [5.74, 6) is -0.730. The standard InChI is InChI=1S/C13H28N2O2/c1-4-8-14-12(13(16)17)7-11-15(9-5-2)10-6-3/h12,14H,4-11H2,1-3H3,(H,16,17). The van der Waals surface area contributed by atoms with Crippen LogP contribution in [-0.4, -0.2) is 48.2 Å². The maximum atomic E-state index is 11.1. The summed E-state index contributed by atoms with van der Waals surface area (Å²) >= 11 is 0. The molecule has 0 heterocycles. The van der Waals surface area contributed by atoms with Crippen LogP contribution in [0.1, 0.15) is 46.5 Å². The second-order valence-electron chi connectivity index (χ2n) is 4.48. The Balaban J connectivity index is 4.01. The highest BCUT2D eigenvalue weighted by molar-refractivity contribution is 5.73. The molecule has 0 saturated heterocycles. The number of nitrogens with zero attached hydrogens (tertiary/aromatic N) is 1. The van der Waals surface area contributed by atoms with Crippen LogP contribution in [0.25, 0.3) is 0 Å². The molecule has 0 bridgehead atoms. The third-order valence-electron chi connectivity index (χ3n) is 2.75. The van der Waals surface area contributed by atoms with Crippen LogP contribution in [0.2, 0.25) is 0 Å². The molecule has 0 aliphatic carbocycles. The smallest absolute Gasteiger partial charge is 0.320 e. The minimum atomic E-state index is -0.730. The zero-order valence-corrected chi connectivity index (χ0v) is 11.5. The van der Waals surface area contributed by atoms with Gasteiger partial charge in [-0.25, -0.2) is 0 Å². The van der Waals surface area contributed by atoms with E-state index >= 15 is 0 Å². The Hall–Kier alpha value is -0.610. The Labute approximate surface area is 105 Å². The molecule has 0 saturated carbocycles. The number of hydrogen-bond acceptors (Lipinski definition) is 3. The van der Waals surface area contributed by atoms with Gasteiger partial charge >= 0.3 is 5.97 Å². The van der Waals surface area contributed by atoms with Crippen molar-refractivity contribution in [3.05, 3.63) is 0 Å². The van der Waals surface area contributed by atoms with Crippen LogP contribution in [0.5, 0.6) is 0 Å². The molecule has 4 heteroatoms. The summed E-state index contributed by atoms with van der Waals surface area (Å²) in [7, 11) is 0. The van der Waals surface area contributed by atoms with Gasteiger partial charge in [0.05, 0.1) is 0 Å². The fourth-order valence-corrected chi connectivity index (χ4v) is 1.91. The van der Waals surface area contributed by atoms with Gasteiger partial charge in [-0.1, -0.05) is 20.8 Å². The van der Waals surface area contributed by atoms with Crippen LogP contribution in [0.4, 0.5) is 0 Å². The highest BCUT2D eigenvalue weighted by Crippen LogP contribution is 2.00. The summed E-state index contributed by atoms with van der Waals surface area (Å²) in [5.41, 5.74) is 0. The normalized spacial score (nSPS) is 12.9. The van der Waals surface area contributed by atoms with Gasteiger partial charge in [-0.3, -0.25) is 4.79 Å². The molecular weight excluding hydrogens is 216 g/mol. The second kappa shape index (κ2) is 10.5. The summed E-state index contributed by atoms with van der Waals surface area (Å²) < 4.78 is 0. The Morgan fingerprint density at radius 2 is 1.71 bits per heavy atom. The van der Waals surface area contributed by atoms with Gasteiger partial charge in [0.15, 0.2) is 0 Å². The van der Waals surface area contributed by atoms with Crippen molar-refractivity contribution in [2.45, 2.75) is 52.5 Å². The number of nitrogens with one attached hydrogen (secondary N) is 1. The molecule has 0 aliphatic heterocycles. The minimum absolute atomic E-state index is 0.397. The molecule has 1 unspecified atom stereocenters. The highest BCUT2D eigenvalue weighted by atomic mass is 16.4. The molecule has 17 heavy (non-hydrogen) atoms. The predicted octanol–water partition coefficient (Wildman–Crippen LogP) is 1.95. The van der Waals surface area contributed by atoms with Crippen molar-refractivity contribution in [1.29, 1.82) is 0 Å². The average molecular weight is 244 g/mol. The van der Waals surface area contributed by atoms with Crippen molar-refractivity contribution in [1.82, 2.24) is 10.2 Å². The first-order chi connectivity index (χ1) is 8.15. The first-order valence-corrected chi connectivity index (χ1v) is 6.84. The van der Waals surface area contributed by atoms with E-state index in [1.54, 1.807) is 0 Å². The molecule has 4 nitrogen and oxygen atoms in total. The zero-order valence-electron chi connectivity index (χ0n) is 11.5. The van der Waals surface area contributed by atoms with Crippen molar-refractivity contribution in [2.75, 3.05) is 26.2 Å². The van der Waals surface area contributed by atoms with Crippen LogP contribution in [0.15, 0.2) is 0 Å². The van der Waals surface area contributed by atoms with Crippen molar-refractivity contribution in [3.63, 3.8) is 0 Å². The van der Waals surface area contributed by atoms with Gasteiger partial charge in [0.25, 0.3) is 0 Å². The van der Waals surface area contributed by atoms with E-state index in [0.717, 1.165) is 45.4 Å². The molecule has 0 rings (SSSR count). The lowest BCUT2D eigenvalue weighted by molar-refractivity contribution is -0.139. The molecule has 0 fully saturated rings. The van der Waals surface area contributed by atoms with Crippen LogP contribution in [0, 0.1) is 0 Å². The van der Waals surface area contributed by atoms with Gasteiger partial charge in [-0.15, -0.1) is 0 Å². The number of hydrogen-bond donors (Lipinski definition) is 2. The first-order valence-electron chi connectivity index (χ1n) is 6.84. The van der Waals surface area contributed by atoms with E-state index in [2.05, 4.69) is 24.1 Å². The highest BCUT2D eigenvalue weighted by Gasteiger charge is 2.17. The van der Waals surface area contributed by atoms with Crippen LogP contribution < -0.4 is 5.32 Å². The molecule has 0 aromatic heterocycles. The predicted molar refractivity (Wildman–Crippen MR) is 71.4 cm³/mol. The number of rotatable bonds is 11. The Bertz CT molecular complexity index is 192. The lowest BCUT2D eigenvalue weighted by atomic mass is 10.2. The minimum Gasteiger partial charge on any atom is -0.480 e. The van der Waals surface area contributed by atoms with E-state index in [1.807, 2.05) is 6.92 Å². The average Bonchev–Trinajstić information content (AvgIpc) is 2.29. The number of carboxylic acids is 1. The summed E-state index contributed by atoms with van der Waals surface area (Å²) in [4.78, 5) is 13.4. The summed E-state index contributed by atoms with van der Waals surface area (Å²) in [6.07, 6.45) is 3.91. The van der Waals surface area contributed by atoms with Gasteiger partial charge in [-0.05, 0) is 45.3 Å². The Morgan fingerprint density at radius 1 is 1.12 bits per heavy atom. The van der Waals surface area contributed by atoms with Gasteiger partial charge in [-0.2, -0.15) is 0 Å². The molecule has 0 spiro atoms. The van der Waals surface area contributed by atoms with Crippen molar-refractivity contribution in [2.24, 2.45) is 0 Å². The van der Waals surface area contributed by atoms with Crippen molar-refractivity contribution in [3.8, 4) is 0 Å². The van der Waals surface area contributed by atoms with Crippen molar-refractivity contribution < 1.29 is 9.90 Å². The molecule has 0 aliphatic rings. The maximum absolute atomic E-state index is 11.1. The second-order valence-corrected chi connectivity index (χ2v) is 4.48. The molecule has 0 radical (unpaired) electrons. The topological polar surface area (TPSA) is 52.6 Å². The van der Waals surface area contributed by atoms with E-state index < -0.39 is 12.0 Å². The molecule has 0 aromatic rings. The third kappa shape index (κ3) is 8.16. The van der Waals surface area contributed by atoms with E-state index in [9.17, 15) is 4.79 Å². The largest absolute Gasteiger partial charge is 0.480 e. The maximum Gasteiger partial charge on any atom is 0.320 e. The van der Waals surface area contributed by atoms with E-state index in [0.29, 0.717) is 6.42 Å². The molecule has 1 atom stereocenters. The fraction of sp³-hybridized carbons (Fsp3) is 0.923.